The van der Waals surface area contributed by atoms with Crippen molar-refractivity contribution < 1.29 is 9.53 Å². The molecule has 0 bridgehead atoms. The van der Waals surface area contributed by atoms with Crippen LogP contribution in [0.4, 0.5) is 0 Å². The fourth-order valence-electron chi connectivity index (χ4n) is 2.46. The summed E-state index contributed by atoms with van der Waals surface area (Å²) in [7, 11) is 0. The van der Waals surface area contributed by atoms with Crippen molar-refractivity contribution in [3.63, 3.8) is 0 Å². The zero-order valence-electron chi connectivity index (χ0n) is 12.7. The van der Waals surface area contributed by atoms with Gasteiger partial charge in [0, 0.05) is 22.2 Å². The molecule has 1 heterocycles. The number of aromatic nitrogens is 1. The van der Waals surface area contributed by atoms with Crippen molar-refractivity contribution in [3.05, 3.63) is 71.4 Å². The molecule has 0 saturated carbocycles. The quantitative estimate of drug-likeness (QED) is 0.672. The van der Waals surface area contributed by atoms with Crippen LogP contribution in [0.5, 0.6) is 5.75 Å². The Hall–Kier alpha value is -2.68. The lowest BCUT2D eigenvalue weighted by Crippen LogP contribution is -1.99. The van der Waals surface area contributed by atoms with Gasteiger partial charge < -0.3 is 4.74 Å². The molecule has 0 N–H and O–H groups in total. The molecule has 0 saturated heterocycles. The zero-order chi connectivity index (χ0) is 15.5. The minimum Gasteiger partial charge on any atom is -0.489 e. The number of fused-ring (bicyclic) bond motifs is 1. The van der Waals surface area contributed by atoms with Crippen molar-refractivity contribution in [1.29, 1.82) is 0 Å². The monoisotopic (exact) mass is 291 g/mol. The van der Waals surface area contributed by atoms with Crippen LogP contribution in [0.1, 0.15) is 28.5 Å². The Labute approximate surface area is 129 Å². The Morgan fingerprint density at radius 2 is 1.82 bits per heavy atom. The van der Waals surface area contributed by atoms with E-state index in [1.807, 2.05) is 43.3 Å². The van der Waals surface area contributed by atoms with Crippen molar-refractivity contribution in [2.75, 3.05) is 0 Å². The highest BCUT2D eigenvalue weighted by molar-refractivity contribution is 5.94. The van der Waals surface area contributed by atoms with Gasteiger partial charge in [-0.05, 0) is 50.2 Å². The Kier molecular flexibility index (Phi) is 3.88. The van der Waals surface area contributed by atoms with Gasteiger partial charge in [-0.15, -0.1) is 0 Å². The lowest BCUT2D eigenvalue weighted by atomic mass is 10.1. The van der Waals surface area contributed by atoms with Crippen LogP contribution in [0.15, 0.2) is 54.6 Å². The number of hydrogen-bond donors (Lipinski definition) is 0. The van der Waals surface area contributed by atoms with Gasteiger partial charge in [0.2, 0.25) is 0 Å². The van der Waals surface area contributed by atoms with E-state index in [0.29, 0.717) is 12.2 Å². The summed E-state index contributed by atoms with van der Waals surface area (Å²) >= 11 is 0. The van der Waals surface area contributed by atoms with E-state index >= 15 is 0 Å². The van der Waals surface area contributed by atoms with Gasteiger partial charge in [0.05, 0.1) is 5.52 Å². The molecule has 3 nitrogen and oxygen atoms in total. The second-order valence-corrected chi connectivity index (χ2v) is 5.31. The molecule has 0 fully saturated rings. The van der Waals surface area contributed by atoms with Gasteiger partial charge >= 0.3 is 0 Å². The van der Waals surface area contributed by atoms with Crippen LogP contribution in [0, 0.1) is 6.92 Å². The Bertz CT molecular complexity index is 822. The number of carbonyl (C=O) groups is 1. The molecule has 110 valence electrons. The number of ether oxygens (including phenoxy) is 1. The predicted octanol–water partition coefficient (Wildman–Crippen LogP) is 4.32. The van der Waals surface area contributed by atoms with Gasteiger partial charge in [-0.25, -0.2) is 0 Å². The first-order valence-corrected chi connectivity index (χ1v) is 7.22. The normalized spacial score (nSPS) is 10.6. The molecule has 3 rings (SSSR count). The molecule has 22 heavy (non-hydrogen) atoms. The summed E-state index contributed by atoms with van der Waals surface area (Å²) in [4.78, 5) is 15.8. The van der Waals surface area contributed by atoms with Crippen LogP contribution >= 0.6 is 0 Å². The minimum atomic E-state index is 0.0577. The second-order valence-electron chi connectivity index (χ2n) is 5.31. The molecule has 3 aromatic rings. The predicted molar refractivity (Wildman–Crippen MR) is 87.3 cm³/mol. The third kappa shape index (κ3) is 2.98. The molecule has 1 aromatic heterocycles. The van der Waals surface area contributed by atoms with E-state index in [-0.39, 0.29) is 5.78 Å². The van der Waals surface area contributed by atoms with E-state index in [0.717, 1.165) is 27.9 Å². The highest BCUT2D eigenvalue weighted by Gasteiger charge is 2.05. The average molecular weight is 291 g/mol. The lowest BCUT2D eigenvalue weighted by Gasteiger charge is -2.10. The molecule has 0 radical (unpaired) electrons. The molecule has 0 unspecified atom stereocenters. The second kappa shape index (κ2) is 5.98. The molecule has 0 amide bonds. The van der Waals surface area contributed by atoms with Crippen molar-refractivity contribution >= 4 is 16.7 Å². The van der Waals surface area contributed by atoms with Crippen molar-refractivity contribution in [2.45, 2.75) is 20.5 Å². The zero-order valence-corrected chi connectivity index (χ0v) is 12.7. The van der Waals surface area contributed by atoms with E-state index in [1.54, 1.807) is 19.1 Å². The Morgan fingerprint density at radius 1 is 1.09 bits per heavy atom. The van der Waals surface area contributed by atoms with Crippen LogP contribution in [0.25, 0.3) is 10.9 Å². The molecule has 0 atom stereocenters. The first-order chi connectivity index (χ1) is 10.6. The number of ketones is 1. The fourth-order valence-corrected chi connectivity index (χ4v) is 2.46. The largest absolute Gasteiger partial charge is 0.489 e. The summed E-state index contributed by atoms with van der Waals surface area (Å²) < 4.78 is 5.85. The van der Waals surface area contributed by atoms with Gasteiger partial charge in [-0.3, -0.25) is 9.78 Å². The topological polar surface area (TPSA) is 39.2 Å². The summed E-state index contributed by atoms with van der Waals surface area (Å²) in [5.41, 5.74) is 3.76. The van der Waals surface area contributed by atoms with Gasteiger partial charge in [0.15, 0.2) is 5.78 Å². The molecule has 0 aliphatic carbocycles. The number of aryl methyl sites for hydroxylation is 1. The molecule has 0 spiro atoms. The molecule has 0 aliphatic rings. The number of rotatable bonds is 4. The number of Topliss-reactive ketones (excluding diaryl/α,β-unsaturated/α-hetero) is 1. The first kappa shape index (κ1) is 14.3. The molecule has 2 aromatic carbocycles. The molecular formula is C19H17NO2. The van der Waals surface area contributed by atoms with Gasteiger partial charge in [0.1, 0.15) is 12.4 Å². The number of carbonyl (C=O) groups excluding carboxylic acids is 1. The smallest absolute Gasteiger partial charge is 0.159 e. The van der Waals surface area contributed by atoms with Crippen molar-refractivity contribution in [2.24, 2.45) is 0 Å². The average Bonchev–Trinajstić information content (AvgIpc) is 2.52. The van der Waals surface area contributed by atoms with E-state index in [4.69, 9.17) is 4.74 Å². The summed E-state index contributed by atoms with van der Waals surface area (Å²) in [6.45, 7) is 4.02. The Balaban J connectivity index is 1.83. The highest BCUT2D eigenvalue weighted by Crippen LogP contribution is 2.21. The summed E-state index contributed by atoms with van der Waals surface area (Å²) in [6, 6.07) is 17.3. The number of para-hydroxylation sites is 1. The first-order valence-electron chi connectivity index (χ1n) is 7.22. The van der Waals surface area contributed by atoms with Crippen molar-refractivity contribution in [3.8, 4) is 5.75 Å². The number of benzene rings is 2. The molecule has 0 aliphatic heterocycles. The van der Waals surface area contributed by atoms with Crippen LogP contribution in [-0.2, 0) is 6.61 Å². The van der Waals surface area contributed by atoms with Gasteiger partial charge in [-0.1, -0.05) is 18.2 Å². The van der Waals surface area contributed by atoms with E-state index in [2.05, 4.69) is 11.1 Å². The number of nitrogens with zero attached hydrogens (tertiary/aromatic N) is 1. The van der Waals surface area contributed by atoms with Crippen molar-refractivity contribution in [1.82, 2.24) is 4.98 Å². The molecule has 3 heteroatoms. The number of hydrogen-bond acceptors (Lipinski definition) is 3. The number of pyridine rings is 1. The highest BCUT2D eigenvalue weighted by atomic mass is 16.5. The summed E-state index contributed by atoms with van der Waals surface area (Å²) in [5.74, 6) is 0.811. The maximum atomic E-state index is 11.3. The minimum absolute atomic E-state index is 0.0577. The summed E-state index contributed by atoms with van der Waals surface area (Å²) in [5, 5.41) is 1.11. The van der Waals surface area contributed by atoms with Crippen LogP contribution in [-0.4, -0.2) is 10.8 Å². The fraction of sp³-hybridized carbons (Fsp3) is 0.158. The van der Waals surface area contributed by atoms with Crippen LogP contribution in [0.3, 0.4) is 0 Å². The standard InChI is InChI=1S/C19H17NO2/c1-13-11-16(18-5-3-4-6-19(18)20-13)12-22-17-9-7-15(8-10-17)14(2)21/h3-11H,12H2,1-2H3. The third-order valence-electron chi connectivity index (χ3n) is 3.59. The third-order valence-corrected chi connectivity index (χ3v) is 3.59. The molecular weight excluding hydrogens is 274 g/mol. The van der Waals surface area contributed by atoms with Gasteiger partial charge in [0.25, 0.3) is 0 Å². The van der Waals surface area contributed by atoms with Gasteiger partial charge in [-0.2, -0.15) is 0 Å². The van der Waals surface area contributed by atoms with E-state index in [1.165, 1.54) is 0 Å². The van der Waals surface area contributed by atoms with E-state index < -0.39 is 0 Å². The van der Waals surface area contributed by atoms with E-state index in [9.17, 15) is 4.79 Å². The van der Waals surface area contributed by atoms with Crippen LogP contribution < -0.4 is 4.74 Å². The Morgan fingerprint density at radius 3 is 2.55 bits per heavy atom. The SMILES string of the molecule is CC(=O)c1ccc(OCc2cc(C)nc3ccccc23)cc1. The maximum absolute atomic E-state index is 11.3. The van der Waals surface area contributed by atoms with Crippen LogP contribution in [0.2, 0.25) is 0 Å². The lowest BCUT2D eigenvalue weighted by molar-refractivity contribution is 0.101. The summed E-state index contributed by atoms with van der Waals surface area (Å²) in [6.07, 6.45) is 0. The maximum Gasteiger partial charge on any atom is 0.159 e.